The summed E-state index contributed by atoms with van der Waals surface area (Å²) in [5.41, 5.74) is 1.95. The second kappa shape index (κ2) is 3.46. The lowest BCUT2D eigenvalue weighted by Gasteiger charge is -2.02. The molecule has 0 saturated carbocycles. The number of halogens is 1. The van der Waals surface area contributed by atoms with E-state index < -0.39 is 0 Å². The van der Waals surface area contributed by atoms with Crippen molar-refractivity contribution in [2.24, 2.45) is 0 Å². The van der Waals surface area contributed by atoms with Crippen LogP contribution in [0.5, 0.6) is 0 Å². The highest BCUT2D eigenvalue weighted by Crippen LogP contribution is 2.27. The summed E-state index contributed by atoms with van der Waals surface area (Å²) in [6, 6.07) is 5.70. The van der Waals surface area contributed by atoms with Crippen LogP contribution in [0.3, 0.4) is 0 Å². The quantitative estimate of drug-likeness (QED) is 0.714. The Morgan fingerprint density at radius 3 is 2.71 bits per heavy atom. The van der Waals surface area contributed by atoms with Gasteiger partial charge in [-0.3, -0.25) is 0 Å². The molecule has 0 N–H and O–H groups in total. The van der Waals surface area contributed by atoms with Gasteiger partial charge in [0.2, 0.25) is 5.89 Å². The summed E-state index contributed by atoms with van der Waals surface area (Å²) >= 11 is 6.00. The third-order valence-electron chi connectivity index (χ3n) is 2.12. The number of aromatic nitrogens is 1. The van der Waals surface area contributed by atoms with E-state index >= 15 is 0 Å². The van der Waals surface area contributed by atoms with Crippen molar-refractivity contribution in [1.29, 1.82) is 0 Å². The molecule has 0 fully saturated rings. The Kier molecular flexibility index (Phi) is 2.30. The fourth-order valence-corrected chi connectivity index (χ4v) is 1.49. The van der Waals surface area contributed by atoms with Gasteiger partial charge in [-0.1, -0.05) is 17.7 Å². The highest BCUT2D eigenvalue weighted by molar-refractivity contribution is 6.31. The zero-order valence-electron chi connectivity index (χ0n) is 8.04. The Hall–Kier alpha value is -1.28. The number of oxazole rings is 1. The van der Waals surface area contributed by atoms with E-state index in [1.807, 2.05) is 32.0 Å². The van der Waals surface area contributed by atoms with Crippen LogP contribution in [0, 0.1) is 13.8 Å². The Labute approximate surface area is 87.5 Å². The van der Waals surface area contributed by atoms with Gasteiger partial charge in [-0.25, -0.2) is 4.98 Å². The summed E-state index contributed by atoms with van der Waals surface area (Å²) in [5.74, 6) is 1.43. The molecule has 0 aliphatic rings. The van der Waals surface area contributed by atoms with Crippen LogP contribution in [0.25, 0.3) is 11.5 Å². The molecule has 0 spiro atoms. The molecule has 72 valence electrons. The third-order valence-corrected chi connectivity index (χ3v) is 2.53. The lowest BCUT2D eigenvalue weighted by atomic mass is 10.1. The average Bonchev–Trinajstić information content (AvgIpc) is 2.57. The topological polar surface area (TPSA) is 26.0 Å². The fraction of sp³-hybridized carbons (Fsp3) is 0.182. The van der Waals surface area contributed by atoms with Gasteiger partial charge in [0, 0.05) is 10.6 Å². The molecule has 0 atom stereocenters. The molecule has 0 aliphatic heterocycles. The van der Waals surface area contributed by atoms with Gasteiger partial charge in [-0.15, -0.1) is 0 Å². The molecular weight excluding hydrogens is 198 g/mol. The minimum absolute atomic E-state index is 0.627. The third kappa shape index (κ3) is 1.53. The van der Waals surface area contributed by atoms with Crippen LogP contribution < -0.4 is 0 Å². The molecule has 14 heavy (non-hydrogen) atoms. The Morgan fingerprint density at radius 1 is 1.29 bits per heavy atom. The van der Waals surface area contributed by atoms with E-state index in [-0.39, 0.29) is 0 Å². The minimum Gasteiger partial charge on any atom is -0.441 e. The first-order valence-electron chi connectivity index (χ1n) is 4.36. The second-order valence-electron chi connectivity index (χ2n) is 3.19. The predicted octanol–water partition coefficient (Wildman–Crippen LogP) is 3.61. The fourth-order valence-electron chi connectivity index (χ4n) is 1.32. The molecule has 0 unspecified atom stereocenters. The molecular formula is C11H10ClNO. The molecule has 0 aliphatic carbocycles. The molecule has 1 aromatic heterocycles. The lowest BCUT2D eigenvalue weighted by molar-refractivity contribution is 0.542. The van der Waals surface area contributed by atoms with Crippen molar-refractivity contribution < 1.29 is 4.42 Å². The first-order valence-corrected chi connectivity index (χ1v) is 4.74. The maximum Gasteiger partial charge on any atom is 0.226 e. The number of nitrogens with zero attached hydrogens (tertiary/aromatic N) is 1. The van der Waals surface area contributed by atoms with Gasteiger partial charge < -0.3 is 4.42 Å². The van der Waals surface area contributed by atoms with Crippen LogP contribution in [-0.2, 0) is 0 Å². The normalized spacial score (nSPS) is 10.5. The van der Waals surface area contributed by atoms with Crippen molar-refractivity contribution in [1.82, 2.24) is 4.98 Å². The zero-order valence-corrected chi connectivity index (χ0v) is 8.80. The van der Waals surface area contributed by atoms with Gasteiger partial charge in [0.25, 0.3) is 0 Å². The summed E-state index contributed by atoms with van der Waals surface area (Å²) in [7, 11) is 0. The van der Waals surface area contributed by atoms with E-state index in [2.05, 4.69) is 4.98 Å². The summed E-state index contributed by atoms with van der Waals surface area (Å²) in [4.78, 5) is 4.16. The van der Waals surface area contributed by atoms with Crippen molar-refractivity contribution in [2.45, 2.75) is 13.8 Å². The number of aryl methyl sites for hydroxylation is 1. The van der Waals surface area contributed by atoms with Crippen LogP contribution in [-0.4, -0.2) is 4.98 Å². The van der Waals surface area contributed by atoms with Crippen molar-refractivity contribution in [2.75, 3.05) is 0 Å². The molecule has 2 aromatic rings. The van der Waals surface area contributed by atoms with Gasteiger partial charge in [0.15, 0.2) is 0 Å². The predicted molar refractivity (Wildman–Crippen MR) is 56.4 cm³/mol. The Balaban J connectivity index is 2.57. The minimum atomic E-state index is 0.627. The van der Waals surface area contributed by atoms with E-state index in [0.29, 0.717) is 5.89 Å². The zero-order chi connectivity index (χ0) is 10.1. The Bertz CT molecular complexity index is 462. The van der Waals surface area contributed by atoms with Gasteiger partial charge >= 0.3 is 0 Å². The van der Waals surface area contributed by atoms with Crippen molar-refractivity contribution in [3.05, 3.63) is 40.7 Å². The molecule has 3 heteroatoms. The molecule has 0 radical (unpaired) electrons. The highest BCUT2D eigenvalue weighted by Gasteiger charge is 2.08. The van der Waals surface area contributed by atoms with E-state index in [4.69, 9.17) is 16.0 Å². The summed E-state index contributed by atoms with van der Waals surface area (Å²) in [5, 5.41) is 0.735. The smallest absolute Gasteiger partial charge is 0.226 e. The van der Waals surface area contributed by atoms with Gasteiger partial charge in [-0.05, 0) is 31.5 Å². The standard InChI is InChI=1S/C11H10ClNO/c1-7-6-13-11(14-7)9-4-3-5-10(12)8(9)2/h3-6H,1-2H3. The summed E-state index contributed by atoms with van der Waals surface area (Å²) in [6.45, 7) is 3.83. The first-order chi connectivity index (χ1) is 6.68. The summed E-state index contributed by atoms with van der Waals surface area (Å²) < 4.78 is 5.44. The van der Waals surface area contributed by atoms with E-state index in [0.717, 1.165) is 21.9 Å². The van der Waals surface area contributed by atoms with Crippen LogP contribution in [0.4, 0.5) is 0 Å². The van der Waals surface area contributed by atoms with Crippen molar-refractivity contribution in [3.63, 3.8) is 0 Å². The highest BCUT2D eigenvalue weighted by atomic mass is 35.5. The number of hydrogen-bond acceptors (Lipinski definition) is 2. The molecule has 0 amide bonds. The van der Waals surface area contributed by atoms with Gasteiger partial charge in [-0.2, -0.15) is 0 Å². The molecule has 0 saturated heterocycles. The maximum atomic E-state index is 6.00. The van der Waals surface area contributed by atoms with Crippen molar-refractivity contribution in [3.8, 4) is 11.5 Å². The van der Waals surface area contributed by atoms with E-state index in [1.165, 1.54) is 0 Å². The van der Waals surface area contributed by atoms with E-state index in [1.54, 1.807) is 6.20 Å². The Morgan fingerprint density at radius 2 is 2.07 bits per heavy atom. The number of hydrogen-bond donors (Lipinski definition) is 0. The largest absolute Gasteiger partial charge is 0.441 e. The van der Waals surface area contributed by atoms with Crippen molar-refractivity contribution >= 4 is 11.6 Å². The molecule has 0 bridgehead atoms. The van der Waals surface area contributed by atoms with Crippen LogP contribution in [0.2, 0.25) is 5.02 Å². The number of benzene rings is 1. The van der Waals surface area contributed by atoms with Crippen LogP contribution in [0.1, 0.15) is 11.3 Å². The molecule has 1 heterocycles. The first kappa shape index (κ1) is 9.28. The van der Waals surface area contributed by atoms with E-state index in [9.17, 15) is 0 Å². The lowest BCUT2D eigenvalue weighted by Crippen LogP contribution is -1.83. The molecule has 1 aromatic carbocycles. The monoisotopic (exact) mass is 207 g/mol. The molecule has 2 rings (SSSR count). The van der Waals surface area contributed by atoms with Gasteiger partial charge in [0.05, 0.1) is 6.20 Å². The SMILES string of the molecule is Cc1cnc(-c2cccc(Cl)c2C)o1. The molecule has 2 nitrogen and oxygen atoms in total. The van der Waals surface area contributed by atoms with Crippen LogP contribution >= 0.6 is 11.6 Å². The average molecular weight is 208 g/mol. The van der Waals surface area contributed by atoms with Gasteiger partial charge in [0.1, 0.15) is 5.76 Å². The maximum absolute atomic E-state index is 6.00. The number of rotatable bonds is 1. The summed E-state index contributed by atoms with van der Waals surface area (Å²) in [6.07, 6.45) is 1.70. The second-order valence-corrected chi connectivity index (χ2v) is 3.60. The van der Waals surface area contributed by atoms with Crippen LogP contribution in [0.15, 0.2) is 28.8 Å².